The van der Waals surface area contributed by atoms with Gasteiger partial charge in [0.2, 0.25) is 0 Å². The third-order valence-electron chi connectivity index (χ3n) is 3.13. The quantitative estimate of drug-likeness (QED) is 0.721. The summed E-state index contributed by atoms with van der Waals surface area (Å²) in [5.41, 5.74) is 0.393. The molecule has 0 spiro atoms. The summed E-state index contributed by atoms with van der Waals surface area (Å²) in [6.07, 6.45) is 6.18. The van der Waals surface area contributed by atoms with E-state index in [0.717, 1.165) is 43.1 Å². The van der Waals surface area contributed by atoms with E-state index >= 15 is 0 Å². The van der Waals surface area contributed by atoms with Crippen LogP contribution in [-0.4, -0.2) is 41.9 Å². The number of nitrogens with zero attached hydrogens (tertiary/aromatic N) is 2. The molecule has 114 valence electrons. The lowest BCUT2D eigenvalue weighted by Crippen LogP contribution is -2.26. The van der Waals surface area contributed by atoms with Crippen molar-refractivity contribution >= 4 is 0 Å². The molecule has 0 aromatic carbocycles. The Balaban J connectivity index is 2.48. The Morgan fingerprint density at radius 1 is 1.20 bits per heavy atom. The van der Waals surface area contributed by atoms with Crippen molar-refractivity contribution in [2.45, 2.75) is 32.6 Å². The maximum atomic E-state index is 13.4. The number of hydrogen-bond acceptors (Lipinski definition) is 3. The van der Waals surface area contributed by atoms with E-state index in [-0.39, 0.29) is 6.42 Å². The van der Waals surface area contributed by atoms with E-state index in [1.165, 1.54) is 0 Å². The van der Waals surface area contributed by atoms with Gasteiger partial charge < -0.3 is 4.90 Å². The molecule has 1 aliphatic carbocycles. The van der Waals surface area contributed by atoms with Crippen LogP contribution in [0.25, 0.3) is 0 Å². The number of hydrogen-bond donors (Lipinski definition) is 1. The Morgan fingerprint density at radius 2 is 1.95 bits per heavy atom. The molecule has 0 saturated carbocycles. The molecule has 0 heterocycles. The summed E-state index contributed by atoms with van der Waals surface area (Å²) in [5.74, 6) is -1.14. The molecule has 0 saturated heterocycles. The maximum absolute atomic E-state index is 13.4. The molecule has 1 aliphatic rings. The summed E-state index contributed by atoms with van der Waals surface area (Å²) < 4.78 is 26.4. The van der Waals surface area contributed by atoms with Gasteiger partial charge in [0.15, 0.2) is 0 Å². The molecule has 1 N–H and O–H groups in total. The van der Waals surface area contributed by atoms with Crippen molar-refractivity contribution in [3.05, 3.63) is 35.6 Å². The van der Waals surface area contributed by atoms with E-state index in [0.29, 0.717) is 18.7 Å². The Hall–Kier alpha value is -1.20. The minimum atomic E-state index is -0.671. The van der Waals surface area contributed by atoms with Gasteiger partial charge >= 0.3 is 0 Å². The third kappa shape index (κ3) is 6.30. The highest BCUT2D eigenvalue weighted by atomic mass is 19.1. The molecule has 0 unspecified atom stereocenters. The van der Waals surface area contributed by atoms with Crippen LogP contribution in [0.15, 0.2) is 35.6 Å². The van der Waals surface area contributed by atoms with Crippen LogP contribution in [0.5, 0.6) is 0 Å². The van der Waals surface area contributed by atoms with E-state index in [2.05, 4.69) is 11.8 Å². The molecular weight excluding hydrogens is 262 g/mol. The zero-order valence-electron chi connectivity index (χ0n) is 12.3. The Labute approximate surface area is 119 Å². The summed E-state index contributed by atoms with van der Waals surface area (Å²) in [7, 11) is 2.04. The topological polar surface area (TPSA) is 26.7 Å². The van der Waals surface area contributed by atoms with Crippen LogP contribution in [0.3, 0.4) is 0 Å². The van der Waals surface area contributed by atoms with Crippen molar-refractivity contribution < 1.29 is 14.0 Å². The number of hydroxylamine groups is 2. The van der Waals surface area contributed by atoms with Gasteiger partial charge in [-0.25, -0.2) is 8.78 Å². The predicted molar refractivity (Wildman–Crippen MR) is 76.6 cm³/mol. The van der Waals surface area contributed by atoms with Crippen molar-refractivity contribution in [1.29, 1.82) is 0 Å². The predicted octanol–water partition coefficient (Wildman–Crippen LogP) is 3.79. The van der Waals surface area contributed by atoms with E-state index in [9.17, 15) is 14.0 Å². The molecule has 1 rings (SSSR count). The molecule has 5 heteroatoms. The average molecular weight is 286 g/mol. The van der Waals surface area contributed by atoms with Gasteiger partial charge in [0.25, 0.3) is 0 Å². The smallest absolute Gasteiger partial charge is 0.127 e. The maximum Gasteiger partial charge on any atom is 0.127 e. The first kappa shape index (κ1) is 16.9. The zero-order chi connectivity index (χ0) is 15.0. The van der Waals surface area contributed by atoms with Crippen LogP contribution in [0.1, 0.15) is 32.6 Å². The summed E-state index contributed by atoms with van der Waals surface area (Å²) in [6.45, 7) is 4.44. The largest absolute Gasteiger partial charge is 0.306 e. The molecule has 0 aromatic rings. The average Bonchev–Trinajstić information content (AvgIpc) is 2.35. The van der Waals surface area contributed by atoms with Gasteiger partial charge in [0.05, 0.1) is 5.70 Å². The summed E-state index contributed by atoms with van der Waals surface area (Å²) in [4.78, 5) is 2.19. The van der Waals surface area contributed by atoms with Gasteiger partial charge in [-0.2, -0.15) is 0 Å². The van der Waals surface area contributed by atoms with Crippen LogP contribution in [0.4, 0.5) is 8.78 Å². The minimum absolute atomic E-state index is 0.165. The van der Waals surface area contributed by atoms with Gasteiger partial charge in [0.1, 0.15) is 11.7 Å². The van der Waals surface area contributed by atoms with Crippen molar-refractivity contribution in [3.63, 3.8) is 0 Å². The fraction of sp³-hybridized carbons (Fsp3) is 0.600. The van der Waals surface area contributed by atoms with Crippen molar-refractivity contribution in [2.75, 3.05) is 26.7 Å². The van der Waals surface area contributed by atoms with Gasteiger partial charge in [-0.05, 0) is 45.5 Å². The minimum Gasteiger partial charge on any atom is -0.306 e. The highest BCUT2D eigenvalue weighted by Crippen LogP contribution is 2.19. The van der Waals surface area contributed by atoms with E-state index in [4.69, 9.17) is 0 Å². The first-order valence-electron chi connectivity index (χ1n) is 7.11. The lowest BCUT2D eigenvalue weighted by atomic mass is 10.1. The first-order chi connectivity index (χ1) is 9.52. The number of allylic oxidation sites excluding steroid dienone is 5. The molecule has 0 fully saturated rings. The Bertz CT molecular complexity index is 391. The molecule has 20 heavy (non-hydrogen) atoms. The molecular formula is C15H24F2N2O. The normalized spacial score (nSPS) is 24.0. The van der Waals surface area contributed by atoms with E-state index in [1.807, 2.05) is 7.05 Å². The second-order valence-corrected chi connectivity index (χ2v) is 5.07. The zero-order valence-corrected chi connectivity index (χ0v) is 12.3. The first-order valence-corrected chi connectivity index (χ1v) is 7.11. The van der Waals surface area contributed by atoms with Crippen LogP contribution in [0, 0.1) is 0 Å². The SMILES string of the molecule is CCCN(C)CCCN(O)C1=C/CC/C(F)=C/C(F)=C\1. The van der Waals surface area contributed by atoms with Crippen molar-refractivity contribution in [3.8, 4) is 0 Å². The van der Waals surface area contributed by atoms with Crippen LogP contribution < -0.4 is 0 Å². The lowest BCUT2D eigenvalue weighted by molar-refractivity contribution is -0.0533. The van der Waals surface area contributed by atoms with Crippen molar-refractivity contribution in [1.82, 2.24) is 9.96 Å². The van der Waals surface area contributed by atoms with Crippen LogP contribution in [-0.2, 0) is 0 Å². The molecule has 0 aliphatic heterocycles. The molecule has 3 nitrogen and oxygen atoms in total. The highest BCUT2D eigenvalue weighted by Gasteiger charge is 2.09. The molecule has 0 atom stereocenters. The van der Waals surface area contributed by atoms with Gasteiger partial charge in [-0.1, -0.05) is 13.0 Å². The number of halogens is 2. The van der Waals surface area contributed by atoms with E-state index < -0.39 is 11.7 Å². The molecule has 0 bridgehead atoms. The molecule has 0 radical (unpaired) electrons. The van der Waals surface area contributed by atoms with E-state index in [1.54, 1.807) is 6.08 Å². The second-order valence-electron chi connectivity index (χ2n) is 5.07. The fourth-order valence-corrected chi connectivity index (χ4v) is 2.11. The Morgan fingerprint density at radius 3 is 2.65 bits per heavy atom. The van der Waals surface area contributed by atoms with Crippen molar-refractivity contribution in [2.24, 2.45) is 0 Å². The van der Waals surface area contributed by atoms with Crippen LogP contribution >= 0.6 is 0 Å². The van der Waals surface area contributed by atoms with Gasteiger partial charge in [0, 0.05) is 19.0 Å². The van der Waals surface area contributed by atoms with Gasteiger partial charge in [-0.15, -0.1) is 0 Å². The summed E-state index contributed by atoms with van der Waals surface area (Å²) in [6, 6.07) is 0. The second kappa shape index (κ2) is 8.87. The Kier molecular flexibility index (Phi) is 7.47. The third-order valence-corrected chi connectivity index (χ3v) is 3.13. The highest BCUT2D eigenvalue weighted by molar-refractivity contribution is 5.27. The monoisotopic (exact) mass is 286 g/mol. The fourth-order valence-electron chi connectivity index (χ4n) is 2.11. The van der Waals surface area contributed by atoms with Gasteiger partial charge in [-0.3, -0.25) is 10.3 Å². The number of rotatable bonds is 7. The molecule has 0 amide bonds. The summed E-state index contributed by atoms with van der Waals surface area (Å²) in [5, 5.41) is 11.0. The van der Waals surface area contributed by atoms with Crippen LogP contribution in [0.2, 0.25) is 0 Å². The standard InChI is InChI=1S/C15H24F2N2O/c1-3-8-18(2)9-5-10-19(20)15-7-4-6-13(16)11-14(17)12-15/h7,11-12,20H,3-6,8-10H2,1-2H3/b13-11-,14-12+,15-7+. The summed E-state index contributed by atoms with van der Waals surface area (Å²) >= 11 is 0. The molecule has 0 aromatic heterocycles. The lowest BCUT2D eigenvalue weighted by Gasteiger charge is -2.21.